The molecule has 144 valence electrons. The van der Waals surface area contributed by atoms with Crippen LogP contribution in [0.1, 0.15) is 47.3 Å². The molecule has 0 atom stereocenters. The molecule has 0 bridgehead atoms. The highest BCUT2D eigenvalue weighted by molar-refractivity contribution is 5.95. The molecule has 0 N–H and O–H groups in total. The molecule has 0 aliphatic carbocycles. The molecule has 5 nitrogen and oxygen atoms in total. The van der Waals surface area contributed by atoms with Gasteiger partial charge in [0.15, 0.2) is 0 Å². The first kappa shape index (κ1) is 18.2. The van der Waals surface area contributed by atoms with E-state index in [0.717, 1.165) is 69.7 Å². The van der Waals surface area contributed by atoms with Gasteiger partial charge in [-0.15, -0.1) is 0 Å². The lowest BCUT2D eigenvalue weighted by atomic mass is 9.95. The summed E-state index contributed by atoms with van der Waals surface area (Å²) in [6.45, 7) is 5.06. The summed E-state index contributed by atoms with van der Waals surface area (Å²) in [4.78, 5) is 17.4. The second-order valence-electron chi connectivity index (χ2n) is 8.08. The van der Waals surface area contributed by atoms with E-state index >= 15 is 0 Å². The summed E-state index contributed by atoms with van der Waals surface area (Å²) in [5.74, 6) is 0.738. The minimum absolute atomic E-state index is 0.143. The van der Waals surface area contributed by atoms with Crippen LogP contribution in [0.4, 0.5) is 0 Å². The number of carbonyl (C=O) groups excluding carboxylic acids is 1. The molecule has 2 aromatic rings. The molecular formula is C22H30N4O. The van der Waals surface area contributed by atoms with Gasteiger partial charge in [-0.3, -0.25) is 14.4 Å². The van der Waals surface area contributed by atoms with Gasteiger partial charge in [-0.2, -0.15) is 5.10 Å². The Morgan fingerprint density at radius 2 is 1.93 bits per heavy atom. The largest absolute Gasteiger partial charge is 0.341 e. The molecule has 4 rings (SSSR count). The van der Waals surface area contributed by atoms with Crippen molar-refractivity contribution in [1.82, 2.24) is 19.6 Å². The van der Waals surface area contributed by atoms with Crippen LogP contribution in [0.3, 0.4) is 0 Å². The van der Waals surface area contributed by atoms with Crippen LogP contribution in [0.15, 0.2) is 36.5 Å². The Kier molecular flexibility index (Phi) is 5.58. The number of likely N-dealkylation sites (tertiary alicyclic amines) is 1. The van der Waals surface area contributed by atoms with E-state index in [1.807, 2.05) is 16.6 Å². The first-order valence-electron chi connectivity index (χ1n) is 10.3. The van der Waals surface area contributed by atoms with E-state index in [9.17, 15) is 4.79 Å². The van der Waals surface area contributed by atoms with Crippen molar-refractivity contribution >= 4 is 5.91 Å². The van der Waals surface area contributed by atoms with Gasteiger partial charge in [0.05, 0.1) is 17.5 Å². The number of carbonyl (C=O) groups is 1. The normalized spacial score (nSPS) is 18.3. The molecule has 0 spiro atoms. The van der Waals surface area contributed by atoms with Gasteiger partial charge in [-0.05, 0) is 56.7 Å². The highest BCUT2D eigenvalue weighted by atomic mass is 16.2. The zero-order valence-electron chi connectivity index (χ0n) is 16.3. The van der Waals surface area contributed by atoms with Crippen LogP contribution in [-0.2, 0) is 19.5 Å². The third kappa shape index (κ3) is 4.24. The Morgan fingerprint density at radius 3 is 2.70 bits per heavy atom. The van der Waals surface area contributed by atoms with E-state index in [-0.39, 0.29) is 5.91 Å². The SMILES string of the molecule is CN(CC1CCN(Cc2ccccc2)CC1)C(=O)c1cnn2c1CCCC2. The number of aromatic nitrogens is 2. The van der Waals surface area contributed by atoms with Gasteiger partial charge < -0.3 is 4.90 Å². The number of hydrogen-bond donors (Lipinski definition) is 0. The van der Waals surface area contributed by atoms with Gasteiger partial charge in [0, 0.05) is 26.7 Å². The van der Waals surface area contributed by atoms with Crippen LogP contribution < -0.4 is 0 Å². The van der Waals surface area contributed by atoms with Crippen LogP contribution >= 0.6 is 0 Å². The summed E-state index contributed by atoms with van der Waals surface area (Å²) < 4.78 is 2.02. The average Bonchev–Trinajstić information content (AvgIpc) is 3.14. The fourth-order valence-electron chi connectivity index (χ4n) is 4.44. The van der Waals surface area contributed by atoms with Crippen LogP contribution in [0, 0.1) is 5.92 Å². The van der Waals surface area contributed by atoms with Crippen molar-refractivity contribution in [3.8, 4) is 0 Å². The van der Waals surface area contributed by atoms with E-state index in [2.05, 4.69) is 40.3 Å². The first-order valence-corrected chi connectivity index (χ1v) is 10.3. The molecule has 1 fully saturated rings. The number of piperidine rings is 1. The Bertz CT molecular complexity index is 762. The first-order chi connectivity index (χ1) is 13.2. The monoisotopic (exact) mass is 366 g/mol. The Hall–Kier alpha value is -2.14. The van der Waals surface area contributed by atoms with E-state index in [0.29, 0.717) is 5.92 Å². The maximum Gasteiger partial charge on any atom is 0.257 e. The summed E-state index contributed by atoms with van der Waals surface area (Å²) in [5.41, 5.74) is 3.34. The summed E-state index contributed by atoms with van der Waals surface area (Å²) in [6.07, 6.45) is 7.41. The van der Waals surface area contributed by atoms with Crippen molar-refractivity contribution in [2.24, 2.45) is 5.92 Å². The highest BCUT2D eigenvalue weighted by Gasteiger charge is 2.25. The Labute approximate surface area is 162 Å². The summed E-state index contributed by atoms with van der Waals surface area (Å²) >= 11 is 0. The molecule has 1 aromatic carbocycles. The molecule has 1 saturated heterocycles. The standard InChI is InChI=1S/C22H30N4O/c1-24(22(27)20-15-23-26-12-6-5-9-21(20)26)16-19-10-13-25(14-11-19)17-18-7-3-2-4-8-18/h2-4,7-8,15,19H,5-6,9-14,16-17H2,1H3. The fraction of sp³-hybridized carbons (Fsp3) is 0.545. The van der Waals surface area contributed by atoms with Crippen LogP contribution in [-0.4, -0.2) is 52.2 Å². The summed E-state index contributed by atoms with van der Waals surface area (Å²) in [5, 5.41) is 4.42. The van der Waals surface area contributed by atoms with Gasteiger partial charge in [-0.25, -0.2) is 0 Å². The molecule has 0 saturated carbocycles. The van der Waals surface area contributed by atoms with E-state index in [4.69, 9.17) is 0 Å². The second kappa shape index (κ2) is 8.26. The number of fused-ring (bicyclic) bond motifs is 1. The second-order valence-corrected chi connectivity index (χ2v) is 8.08. The number of rotatable bonds is 5. The molecule has 0 radical (unpaired) electrons. The lowest BCUT2D eigenvalue weighted by Gasteiger charge is -2.34. The van der Waals surface area contributed by atoms with Crippen molar-refractivity contribution in [2.75, 3.05) is 26.7 Å². The zero-order chi connectivity index (χ0) is 18.6. The average molecular weight is 367 g/mol. The number of nitrogens with zero attached hydrogens (tertiary/aromatic N) is 4. The van der Waals surface area contributed by atoms with Crippen LogP contribution in [0.25, 0.3) is 0 Å². The quantitative estimate of drug-likeness (QED) is 0.816. The molecule has 2 aliphatic rings. The zero-order valence-corrected chi connectivity index (χ0v) is 16.3. The van der Waals surface area contributed by atoms with Crippen molar-refractivity contribution in [1.29, 1.82) is 0 Å². The Balaban J connectivity index is 1.28. The van der Waals surface area contributed by atoms with Gasteiger partial charge in [0.1, 0.15) is 0 Å². The third-order valence-electron chi connectivity index (χ3n) is 6.05. The van der Waals surface area contributed by atoms with Crippen molar-refractivity contribution in [3.05, 3.63) is 53.3 Å². The lowest BCUT2D eigenvalue weighted by molar-refractivity contribution is 0.0736. The molecule has 1 aromatic heterocycles. The molecule has 2 aliphatic heterocycles. The maximum atomic E-state index is 12.9. The number of amides is 1. The highest BCUT2D eigenvalue weighted by Crippen LogP contribution is 2.22. The summed E-state index contributed by atoms with van der Waals surface area (Å²) in [7, 11) is 1.95. The molecule has 5 heteroatoms. The topological polar surface area (TPSA) is 41.4 Å². The minimum Gasteiger partial charge on any atom is -0.341 e. The van der Waals surface area contributed by atoms with Crippen molar-refractivity contribution < 1.29 is 4.79 Å². The fourth-order valence-corrected chi connectivity index (χ4v) is 4.44. The molecular weight excluding hydrogens is 336 g/mol. The molecule has 0 unspecified atom stereocenters. The van der Waals surface area contributed by atoms with Crippen LogP contribution in [0.2, 0.25) is 0 Å². The number of aryl methyl sites for hydroxylation is 1. The lowest BCUT2D eigenvalue weighted by Crippen LogP contribution is -2.39. The van der Waals surface area contributed by atoms with Gasteiger partial charge in [-0.1, -0.05) is 30.3 Å². The number of benzene rings is 1. The minimum atomic E-state index is 0.143. The maximum absolute atomic E-state index is 12.9. The van der Waals surface area contributed by atoms with E-state index in [1.165, 1.54) is 12.0 Å². The molecule has 3 heterocycles. The van der Waals surface area contributed by atoms with Gasteiger partial charge >= 0.3 is 0 Å². The predicted molar refractivity (Wildman–Crippen MR) is 107 cm³/mol. The van der Waals surface area contributed by atoms with Crippen LogP contribution in [0.5, 0.6) is 0 Å². The Morgan fingerprint density at radius 1 is 1.15 bits per heavy atom. The molecule has 1 amide bonds. The van der Waals surface area contributed by atoms with Gasteiger partial charge in [0.25, 0.3) is 5.91 Å². The third-order valence-corrected chi connectivity index (χ3v) is 6.05. The van der Waals surface area contributed by atoms with Gasteiger partial charge in [0.2, 0.25) is 0 Å². The number of hydrogen-bond acceptors (Lipinski definition) is 3. The smallest absolute Gasteiger partial charge is 0.257 e. The van der Waals surface area contributed by atoms with E-state index in [1.54, 1.807) is 6.20 Å². The van der Waals surface area contributed by atoms with E-state index < -0.39 is 0 Å². The van der Waals surface area contributed by atoms with Crippen molar-refractivity contribution in [2.45, 2.75) is 45.2 Å². The predicted octanol–water partition coefficient (Wildman–Crippen LogP) is 3.20. The summed E-state index contributed by atoms with van der Waals surface area (Å²) in [6, 6.07) is 10.7. The molecule has 27 heavy (non-hydrogen) atoms. The van der Waals surface area contributed by atoms with Crippen molar-refractivity contribution in [3.63, 3.8) is 0 Å².